The predicted molar refractivity (Wildman–Crippen MR) is 145 cm³/mol. The fourth-order valence-electron chi connectivity index (χ4n) is 4.30. The maximum absolute atomic E-state index is 13.1. The molecular weight excluding hydrogens is 501 g/mol. The van der Waals surface area contributed by atoms with Crippen LogP contribution in [0.5, 0.6) is 0 Å². The van der Waals surface area contributed by atoms with Gasteiger partial charge in [0.15, 0.2) is 0 Å². The first kappa shape index (κ1) is 28.7. The van der Waals surface area contributed by atoms with Gasteiger partial charge in [-0.3, -0.25) is 9.52 Å². The third kappa shape index (κ3) is 8.33. The third-order valence-electron chi connectivity index (χ3n) is 6.38. The number of likely N-dealkylation sites (tertiary alicyclic amines) is 1. The van der Waals surface area contributed by atoms with Crippen molar-refractivity contribution in [3.8, 4) is 0 Å². The number of nitrogens with zero attached hydrogens (tertiary/aromatic N) is 1. The molecule has 2 aromatic carbocycles. The number of urea groups is 1. The van der Waals surface area contributed by atoms with E-state index in [9.17, 15) is 22.8 Å². The molecule has 0 aliphatic carbocycles. The molecule has 10 heteroatoms. The quantitative estimate of drug-likeness (QED) is 0.296. The Bertz CT molecular complexity index is 1110. The number of anilines is 1. The van der Waals surface area contributed by atoms with Gasteiger partial charge in [-0.25, -0.2) is 4.79 Å². The molecule has 1 heterocycles. The summed E-state index contributed by atoms with van der Waals surface area (Å²) in [5.74, 6) is -0.0103. The zero-order valence-electron chi connectivity index (χ0n) is 21.5. The standard InChI is InChI=1S/C27H35F3N4O2S/c1-4-17-37(3)32-14-13-31-26(36)33-24-18-22(6-5-19(24)2)25(35)34-15-11-21(12-16-34)20-7-9-23(10-8-20)27(28,29)30/h5-10,17-18,21,32H,4,11-16H2,1-3H3,(H2,31,33,36). The molecule has 1 saturated heterocycles. The molecule has 2 aromatic rings. The van der Waals surface area contributed by atoms with E-state index in [0.29, 0.717) is 50.3 Å². The molecule has 3 amide bonds. The summed E-state index contributed by atoms with van der Waals surface area (Å²) in [6.07, 6.45) is 0.0954. The highest BCUT2D eigenvalue weighted by Crippen LogP contribution is 2.33. The van der Waals surface area contributed by atoms with Crippen molar-refractivity contribution in [1.82, 2.24) is 14.9 Å². The number of nitrogens with one attached hydrogen (secondary N) is 3. The number of benzene rings is 2. The van der Waals surface area contributed by atoms with E-state index in [1.165, 1.54) is 12.1 Å². The van der Waals surface area contributed by atoms with Gasteiger partial charge in [0.05, 0.1) is 5.56 Å². The molecule has 1 unspecified atom stereocenters. The molecule has 202 valence electrons. The summed E-state index contributed by atoms with van der Waals surface area (Å²) in [5.41, 5.74) is 2.12. The minimum atomic E-state index is -4.35. The van der Waals surface area contributed by atoms with E-state index in [1.807, 2.05) is 13.0 Å². The first-order chi connectivity index (χ1) is 17.6. The van der Waals surface area contributed by atoms with Gasteiger partial charge in [-0.05, 0) is 79.1 Å². The Hall–Kier alpha value is -2.85. The van der Waals surface area contributed by atoms with Crippen LogP contribution in [-0.2, 0) is 6.18 Å². The average Bonchev–Trinajstić information content (AvgIpc) is 2.87. The van der Waals surface area contributed by atoms with Crippen molar-refractivity contribution in [3.05, 3.63) is 64.7 Å². The lowest BCUT2D eigenvalue weighted by atomic mass is 9.88. The summed E-state index contributed by atoms with van der Waals surface area (Å²) in [6.45, 7) is 6.12. The minimum absolute atomic E-state index is 0.0151. The highest BCUT2D eigenvalue weighted by Gasteiger charge is 2.31. The lowest BCUT2D eigenvalue weighted by molar-refractivity contribution is -0.137. The first-order valence-electron chi connectivity index (χ1n) is 12.4. The highest BCUT2D eigenvalue weighted by molar-refractivity contribution is 8.12. The van der Waals surface area contributed by atoms with Gasteiger partial charge >= 0.3 is 12.2 Å². The second-order valence-corrected chi connectivity index (χ2v) is 10.9. The number of alkyl halides is 3. The topological polar surface area (TPSA) is 73.5 Å². The van der Waals surface area contributed by atoms with E-state index in [0.717, 1.165) is 29.7 Å². The van der Waals surface area contributed by atoms with Gasteiger partial charge in [-0.1, -0.05) is 25.1 Å². The van der Waals surface area contributed by atoms with E-state index in [4.69, 9.17) is 0 Å². The van der Waals surface area contributed by atoms with Crippen molar-refractivity contribution >= 4 is 33.7 Å². The smallest absolute Gasteiger partial charge is 0.339 e. The summed E-state index contributed by atoms with van der Waals surface area (Å²) < 4.78 is 41.8. The number of hydrogen-bond donors (Lipinski definition) is 3. The lowest BCUT2D eigenvalue weighted by Gasteiger charge is -2.32. The zero-order valence-corrected chi connectivity index (χ0v) is 22.3. The Morgan fingerprint density at radius 2 is 1.76 bits per heavy atom. The first-order valence-corrected chi connectivity index (χ1v) is 14.1. The number of rotatable bonds is 8. The van der Waals surface area contributed by atoms with Crippen LogP contribution in [0.25, 0.3) is 0 Å². The summed E-state index contributed by atoms with van der Waals surface area (Å²) in [6, 6.07) is 10.2. The molecule has 1 aliphatic rings. The number of hydrogen-bond acceptors (Lipinski definition) is 3. The van der Waals surface area contributed by atoms with Crippen LogP contribution in [0.2, 0.25) is 0 Å². The normalized spacial score (nSPS) is 15.5. The summed E-state index contributed by atoms with van der Waals surface area (Å²) in [4.78, 5) is 27.2. The van der Waals surface area contributed by atoms with Crippen LogP contribution in [0.15, 0.2) is 42.5 Å². The molecule has 1 aliphatic heterocycles. The van der Waals surface area contributed by atoms with E-state index < -0.39 is 11.7 Å². The molecular formula is C27H35F3N4O2S. The van der Waals surface area contributed by atoms with E-state index >= 15 is 0 Å². The largest absolute Gasteiger partial charge is 0.416 e. The Morgan fingerprint density at radius 3 is 2.38 bits per heavy atom. The van der Waals surface area contributed by atoms with Gasteiger partial charge in [0.25, 0.3) is 5.91 Å². The molecule has 0 aromatic heterocycles. The monoisotopic (exact) mass is 536 g/mol. The van der Waals surface area contributed by atoms with Crippen LogP contribution in [0.3, 0.4) is 0 Å². The Balaban J connectivity index is 1.53. The van der Waals surface area contributed by atoms with Crippen LogP contribution in [0, 0.1) is 6.92 Å². The fraction of sp³-hybridized carbons (Fsp3) is 0.444. The maximum atomic E-state index is 13.1. The SMILES string of the molecule is CCC=S(C)NCCNC(=O)Nc1cc(C(=O)N2CCC(c3ccc(C(F)(F)F)cc3)CC2)ccc1C. The highest BCUT2D eigenvalue weighted by atomic mass is 32.2. The lowest BCUT2D eigenvalue weighted by Crippen LogP contribution is -2.38. The van der Waals surface area contributed by atoms with E-state index in [1.54, 1.807) is 17.0 Å². The van der Waals surface area contributed by atoms with Gasteiger partial charge in [-0.15, -0.1) is 10.7 Å². The Morgan fingerprint density at radius 1 is 1.08 bits per heavy atom. The maximum Gasteiger partial charge on any atom is 0.416 e. The van der Waals surface area contributed by atoms with Gasteiger partial charge in [0, 0.05) is 37.4 Å². The summed E-state index contributed by atoms with van der Waals surface area (Å²) in [7, 11) is 0.0151. The van der Waals surface area contributed by atoms with Crippen LogP contribution in [0.4, 0.5) is 23.7 Å². The molecule has 37 heavy (non-hydrogen) atoms. The number of aryl methyl sites for hydroxylation is 1. The molecule has 0 radical (unpaired) electrons. The number of carbonyl (C=O) groups is 2. The number of halogens is 3. The van der Waals surface area contributed by atoms with Crippen molar-refractivity contribution < 1.29 is 22.8 Å². The van der Waals surface area contributed by atoms with Crippen LogP contribution >= 0.6 is 10.7 Å². The van der Waals surface area contributed by atoms with Crippen LogP contribution in [-0.4, -0.2) is 54.6 Å². The average molecular weight is 537 g/mol. The second kappa shape index (κ2) is 13.1. The summed E-state index contributed by atoms with van der Waals surface area (Å²) >= 11 is 0. The molecule has 1 atom stereocenters. The number of piperidine rings is 1. The Kier molecular flexibility index (Phi) is 10.2. The molecule has 3 rings (SSSR count). The molecule has 1 fully saturated rings. The molecule has 0 spiro atoms. The van der Waals surface area contributed by atoms with Gasteiger partial charge < -0.3 is 15.5 Å². The van der Waals surface area contributed by atoms with Gasteiger partial charge in [-0.2, -0.15) is 13.2 Å². The van der Waals surface area contributed by atoms with E-state index in [2.05, 4.69) is 33.9 Å². The molecule has 6 nitrogen and oxygen atoms in total. The number of amides is 3. The van der Waals surface area contributed by atoms with Crippen molar-refractivity contribution in [3.63, 3.8) is 0 Å². The van der Waals surface area contributed by atoms with Gasteiger partial charge in [0.1, 0.15) is 0 Å². The molecule has 0 bridgehead atoms. The number of carbonyl (C=O) groups excluding carboxylic acids is 2. The van der Waals surface area contributed by atoms with Crippen molar-refractivity contribution in [2.45, 2.75) is 45.2 Å². The summed E-state index contributed by atoms with van der Waals surface area (Å²) in [5, 5.41) is 7.84. The van der Waals surface area contributed by atoms with Crippen LogP contribution < -0.4 is 15.4 Å². The molecule has 3 N–H and O–H groups in total. The van der Waals surface area contributed by atoms with Crippen molar-refractivity contribution in [2.75, 3.05) is 37.8 Å². The third-order valence-corrected chi connectivity index (χ3v) is 7.87. The fourth-order valence-corrected chi connectivity index (χ4v) is 5.34. The zero-order chi connectivity index (χ0) is 27.0. The molecule has 0 saturated carbocycles. The van der Waals surface area contributed by atoms with Crippen molar-refractivity contribution in [1.29, 1.82) is 0 Å². The predicted octanol–water partition coefficient (Wildman–Crippen LogP) is 5.77. The second-order valence-electron chi connectivity index (χ2n) is 9.12. The van der Waals surface area contributed by atoms with Crippen LogP contribution in [0.1, 0.15) is 59.2 Å². The van der Waals surface area contributed by atoms with Crippen molar-refractivity contribution in [2.24, 2.45) is 0 Å². The van der Waals surface area contributed by atoms with E-state index in [-0.39, 0.29) is 28.5 Å². The minimum Gasteiger partial charge on any atom is -0.339 e. The Labute approximate surface area is 219 Å². The van der Waals surface area contributed by atoms with Gasteiger partial charge in [0.2, 0.25) is 0 Å².